The van der Waals surface area contributed by atoms with Gasteiger partial charge in [-0.3, -0.25) is 4.55 Å². The summed E-state index contributed by atoms with van der Waals surface area (Å²) in [5.74, 6) is 0. The summed E-state index contributed by atoms with van der Waals surface area (Å²) < 4.78 is 29.6. The zero-order valence-corrected chi connectivity index (χ0v) is 14.2. The maximum Gasteiger partial charge on any atom is 0.294 e. The van der Waals surface area contributed by atoms with Crippen LogP contribution in [0.25, 0.3) is 0 Å². The van der Waals surface area contributed by atoms with Crippen molar-refractivity contribution in [2.45, 2.75) is 57.3 Å². The molecule has 2 bridgehead atoms. The number of aliphatic hydroxyl groups excluding tert-OH is 1. The summed E-state index contributed by atoms with van der Waals surface area (Å²) in [6, 6.07) is 5.99. The molecule has 22 heavy (non-hydrogen) atoms. The molecule has 2 N–H and O–H groups in total. The summed E-state index contributed by atoms with van der Waals surface area (Å²) in [5.41, 5.74) is 1.96. The third kappa shape index (κ3) is 4.09. The van der Waals surface area contributed by atoms with Gasteiger partial charge in [0.05, 0.1) is 4.90 Å². The zero-order valence-electron chi connectivity index (χ0n) is 13.4. The van der Waals surface area contributed by atoms with Crippen LogP contribution in [0.4, 0.5) is 0 Å². The second kappa shape index (κ2) is 6.30. The van der Waals surface area contributed by atoms with Gasteiger partial charge in [0.1, 0.15) is 0 Å². The Kier molecular flexibility index (Phi) is 5.00. The van der Waals surface area contributed by atoms with E-state index in [-0.39, 0.29) is 4.90 Å². The molecule has 3 aliphatic carbocycles. The molecule has 0 aromatic heterocycles. The molecule has 0 amide bonds. The fraction of sp³-hybridized carbons (Fsp3) is 0.647. The van der Waals surface area contributed by atoms with Crippen LogP contribution in [0.2, 0.25) is 0 Å². The molecule has 1 aromatic rings. The highest BCUT2D eigenvalue weighted by Crippen LogP contribution is 2.56. The molecule has 0 saturated heterocycles. The van der Waals surface area contributed by atoms with Crippen LogP contribution >= 0.6 is 0 Å². The number of hydrogen-bond acceptors (Lipinski definition) is 3. The van der Waals surface area contributed by atoms with Crippen molar-refractivity contribution in [3.8, 4) is 0 Å². The Bertz CT molecular complexity index is 580. The molecular formula is C17H26O4S. The van der Waals surface area contributed by atoms with Crippen molar-refractivity contribution < 1.29 is 18.1 Å². The molecule has 0 atom stereocenters. The van der Waals surface area contributed by atoms with Gasteiger partial charge in [0.2, 0.25) is 0 Å². The van der Waals surface area contributed by atoms with Gasteiger partial charge in [-0.25, -0.2) is 0 Å². The minimum atomic E-state index is -4.02. The molecule has 124 valence electrons. The molecule has 1 aromatic carbocycles. The van der Waals surface area contributed by atoms with Crippen molar-refractivity contribution in [2.75, 3.05) is 6.61 Å². The van der Waals surface area contributed by atoms with Gasteiger partial charge in [-0.2, -0.15) is 8.42 Å². The maximum absolute atomic E-state index is 10.5. The molecule has 0 unspecified atom stereocenters. The lowest BCUT2D eigenvalue weighted by atomic mass is 9.55. The van der Waals surface area contributed by atoms with Crippen LogP contribution < -0.4 is 0 Å². The van der Waals surface area contributed by atoms with Gasteiger partial charge in [-0.05, 0) is 68.4 Å². The molecule has 3 fully saturated rings. The van der Waals surface area contributed by atoms with E-state index < -0.39 is 10.1 Å². The highest BCUT2D eigenvalue weighted by Gasteiger charge is 2.45. The lowest BCUT2D eigenvalue weighted by Gasteiger charge is -2.51. The third-order valence-corrected chi connectivity index (χ3v) is 6.30. The Morgan fingerprint density at radius 2 is 1.45 bits per heavy atom. The van der Waals surface area contributed by atoms with E-state index in [1.165, 1.54) is 50.7 Å². The SMILES string of the molecule is CC12CCC(CO)(CC1)CC2.Cc1ccc(S(=O)(=O)O)cc1. The summed E-state index contributed by atoms with van der Waals surface area (Å²) in [5, 5.41) is 9.25. The summed E-state index contributed by atoms with van der Waals surface area (Å²) in [7, 11) is -4.02. The average molecular weight is 326 g/mol. The van der Waals surface area contributed by atoms with Crippen LogP contribution in [0.5, 0.6) is 0 Å². The van der Waals surface area contributed by atoms with Crippen molar-refractivity contribution in [3.05, 3.63) is 29.8 Å². The predicted molar refractivity (Wildman–Crippen MR) is 86.3 cm³/mol. The van der Waals surface area contributed by atoms with E-state index in [1.807, 2.05) is 6.92 Å². The molecule has 5 heteroatoms. The van der Waals surface area contributed by atoms with Crippen LogP contribution in [0.15, 0.2) is 29.2 Å². The number of aliphatic hydroxyl groups is 1. The molecule has 4 nitrogen and oxygen atoms in total. The predicted octanol–water partition coefficient (Wildman–Crippen LogP) is 3.58. The first kappa shape index (κ1) is 17.4. The van der Waals surface area contributed by atoms with E-state index in [0.717, 1.165) is 5.56 Å². The first-order chi connectivity index (χ1) is 10.2. The van der Waals surface area contributed by atoms with E-state index in [2.05, 4.69) is 6.92 Å². The number of aryl methyl sites for hydroxylation is 1. The molecule has 0 heterocycles. The van der Waals surface area contributed by atoms with Gasteiger partial charge < -0.3 is 5.11 Å². The minimum Gasteiger partial charge on any atom is -0.396 e. The highest BCUT2D eigenvalue weighted by atomic mass is 32.2. The molecule has 0 spiro atoms. The Morgan fingerprint density at radius 1 is 1.00 bits per heavy atom. The number of hydrogen-bond donors (Lipinski definition) is 2. The van der Waals surface area contributed by atoms with Crippen LogP contribution in [-0.4, -0.2) is 24.7 Å². The second-order valence-corrected chi connectivity index (χ2v) is 8.68. The molecular weight excluding hydrogens is 300 g/mol. The number of rotatable bonds is 2. The minimum absolute atomic E-state index is 0.0666. The molecule has 0 radical (unpaired) electrons. The van der Waals surface area contributed by atoms with Crippen LogP contribution in [0.3, 0.4) is 0 Å². The number of fused-ring (bicyclic) bond motifs is 3. The van der Waals surface area contributed by atoms with Crippen molar-refractivity contribution in [2.24, 2.45) is 10.8 Å². The van der Waals surface area contributed by atoms with E-state index in [0.29, 0.717) is 17.4 Å². The Balaban J connectivity index is 0.000000160. The van der Waals surface area contributed by atoms with Gasteiger partial charge >= 0.3 is 0 Å². The molecule has 3 saturated carbocycles. The van der Waals surface area contributed by atoms with E-state index >= 15 is 0 Å². The topological polar surface area (TPSA) is 74.6 Å². The Hall–Kier alpha value is -0.910. The summed E-state index contributed by atoms with van der Waals surface area (Å²) >= 11 is 0. The number of benzene rings is 1. The monoisotopic (exact) mass is 326 g/mol. The first-order valence-corrected chi connectivity index (χ1v) is 9.27. The van der Waals surface area contributed by atoms with Gasteiger partial charge in [0, 0.05) is 6.61 Å². The normalized spacial score (nSPS) is 30.5. The molecule has 0 aliphatic heterocycles. The lowest BCUT2D eigenvalue weighted by molar-refractivity contribution is -0.0331. The first-order valence-electron chi connectivity index (χ1n) is 7.83. The van der Waals surface area contributed by atoms with Crippen molar-refractivity contribution in [1.29, 1.82) is 0 Å². The summed E-state index contributed by atoms with van der Waals surface area (Å²) in [4.78, 5) is -0.0666. The smallest absolute Gasteiger partial charge is 0.294 e. The summed E-state index contributed by atoms with van der Waals surface area (Å²) in [6.45, 7) is 4.68. The van der Waals surface area contributed by atoms with Crippen LogP contribution in [0.1, 0.15) is 51.0 Å². The third-order valence-electron chi connectivity index (χ3n) is 5.43. The fourth-order valence-electron chi connectivity index (χ4n) is 3.40. The molecule has 3 aliphatic rings. The fourth-order valence-corrected chi connectivity index (χ4v) is 3.88. The van der Waals surface area contributed by atoms with Crippen molar-refractivity contribution >= 4 is 10.1 Å². The molecule has 4 rings (SSSR count). The van der Waals surface area contributed by atoms with Gasteiger partial charge in [0.15, 0.2) is 0 Å². The van der Waals surface area contributed by atoms with E-state index in [9.17, 15) is 13.5 Å². The standard InChI is InChI=1S/C10H18O.C7H8O3S/c1-9-2-5-10(8-11,6-3-9)7-4-9;1-6-2-4-7(5-3-6)11(8,9)10/h11H,2-8H2,1H3;2-5H,1H3,(H,8,9,10). The van der Waals surface area contributed by atoms with Crippen LogP contribution in [-0.2, 0) is 10.1 Å². The van der Waals surface area contributed by atoms with E-state index in [4.69, 9.17) is 4.55 Å². The summed E-state index contributed by atoms with van der Waals surface area (Å²) in [6.07, 6.45) is 7.90. The Labute approximate surface area is 133 Å². The highest BCUT2D eigenvalue weighted by molar-refractivity contribution is 7.85. The van der Waals surface area contributed by atoms with E-state index in [1.54, 1.807) is 12.1 Å². The Morgan fingerprint density at radius 3 is 1.82 bits per heavy atom. The quantitative estimate of drug-likeness (QED) is 0.815. The zero-order chi connectivity index (χ0) is 16.4. The van der Waals surface area contributed by atoms with Crippen molar-refractivity contribution in [1.82, 2.24) is 0 Å². The largest absolute Gasteiger partial charge is 0.396 e. The maximum atomic E-state index is 10.5. The van der Waals surface area contributed by atoms with Gasteiger partial charge in [-0.15, -0.1) is 0 Å². The second-order valence-electron chi connectivity index (χ2n) is 7.26. The lowest BCUT2D eigenvalue weighted by Crippen LogP contribution is -2.41. The van der Waals surface area contributed by atoms with Crippen LogP contribution in [0, 0.1) is 17.8 Å². The van der Waals surface area contributed by atoms with Gasteiger partial charge in [-0.1, -0.05) is 24.6 Å². The van der Waals surface area contributed by atoms with Crippen molar-refractivity contribution in [3.63, 3.8) is 0 Å². The van der Waals surface area contributed by atoms with Gasteiger partial charge in [0.25, 0.3) is 10.1 Å². The average Bonchev–Trinajstić information content (AvgIpc) is 2.49.